The highest BCUT2D eigenvalue weighted by Gasteiger charge is 2.17. The monoisotopic (exact) mass is 360 g/mol. The molecule has 8 nitrogen and oxygen atoms in total. The molecule has 1 aromatic rings. The highest BCUT2D eigenvalue weighted by atomic mass is 16.2. The molecule has 1 saturated heterocycles. The van der Waals surface area contributed by atoms with E-state index < -0.39 is 0 Å². The molecule has 2 amide bonds. The van der Waals surface area contributed by atoms with Crippen LogP contribution in [0.4, 0.5) is 5.82 Å². The van der Waals surface area contributed by atoms with E-state index in [9.17, 15) is 9.59 Å². The van der Waals surface area contributed by atoms with Crippen molar-refractivity contribution in [3.05, 3.63) is 23.9 Å². The first kappa shape index (κ1) is 19.7. The number of guanidine groups is 1. The third-order valence-corrected chi connectivity index (χ3v) is 4.00. The Hall–Kier alpha value is -2.64. The lowest BCUT2D eigenvalue weighted by atomic mass is 10.3. The van der Waals surface area contributed by atoms with Crippen molar-refractivity contribution in [1.82, 2.24) is 20.5 Å². The first-order chi connectivity index (χ1) is 12.6. The summed E-state index contributed by atoms with van der Waals surface area (Å²) < 4.78 is 0. The molecule has 0 unspecified atom stereocenters. The van der Waals surface area contributed by atoms with Gasteiger partial charge in [0, 0.05) is 38.8 Å². The summed E-state index contributed by atoms with van der Waals surface area (Å²) in [5.74, 6) is 0.999. The van der Waals surface area contributed by atoms with Crippen LogP contribution in [0.3, 0.4) is 0 Å². The van der Waals surface area contributed by atoms with Crippen molar-refractivity contribution >= 4 is 23.6 Å². The Morgan fingerprint density at radius 1 is 1.23 bits per heavy atom. The van der Waals surface area contributed by atoms with Gasteiger partial charge in [0.25, 0.3) is 0 Å². The van der Waals surface area contributed by atoms with E-state index in [1.807, 2.05) is 24.8 Å². The zero-order valence-electron chi connectivity index (χ0n) is 15.5. The third kappa shape index (κ3) is 6.70. The van der Waals surface area contributed by atoms with Crippen molar-refractivity contribution in [3.63, 3.8) is 0 Å². The van der Waals surface area contributed by atoms with E-state index in [1.165, 1.54) is 0 Å². The number of hydrogen-bond acceptors (Lipinski definition) is 4. The molecule has 2 heterocycles. The fourth-order valence-corrected chi connectivity index (χ4v) is 2.60. The normalized spacial score (nSPS) is 14.2. The summed E-state index contributed by atoms with van der Waals surface area (Å²) in [5.41, 5.74) is 1.04. The highest BCUT2D eigenvalue weighted by Crippen LogP contribution is 2.07. The lowest BCUT2D eigenvalue weighted by Crippen LogP contribution is -2.40. The molecule has 0 spiro atoms. The molecule has 1 fully saturated rings. The molecule has 0 bridgehead atoms. The first-order valence-electron chi connectivity index (χ1n) is 9.11. The van der Waals surface area contributed by atoms with Gasteiger partial charge in [-0.3, -0.25) is 9.59 Å². The molecule has 8 heteroatoms. The minimum absolute atomic E-state index is 0.0443. The minimum atomic E-state index is -0.127. The van der Waals surface area contributed by atoms with Crippen LogP contribution in [0, 0.1) is 6.92 Å². The SMILES string of the molecule is CCNC(=NCC(=O)N1CCCC1)NCCC(=O)Nc1ccc(C)cn1. The molecule has 3 N–H and O–H groups in total. The van der Waals surface area contributed by atoms with Crippen LogP contribution in [-0.4, -0.2) is 60.4 Å². The average Bonchev–Trinajstić information content (AvgIpc) is 3.16. The highest BCUT2D eigenvalue weighted by molar-refractivity contribution is 5.90. The second-order valence-electron chi connectivity index (χ2n) is 6.23. The van der Waals surface area contributed by atoms with E-state index in [-0.39, 0.29) is 24.8 Å². The van der Waals surface area contributed by atoms with Crippen LogP contribution in [0.25, 0.3) is 0 Å². The molecule has 1 aromatic heterocycles. The summed E-state index contributed by atoms with van der Waals surface area (Å²) in [6, 6.07) is 3.67. The molecule has 0 saturated carbocycles. The number of amides is 2. The maximum absolute atomic E-state index is 12.1. The molecular weight excluding hydrogens is 332 g/mol. The number of hydrogen-bond donors (Lipinski definition) is 3. The van der Waals surface area contributed by atoms with Crippen molar-refractivity contribution in [2.45, 2.75) is 33.1 Å². The Kier molecular flexibility index (Phi) is 7.85. The molecule has 0 aromatic carbocycles. The van der Waals surface area contributed by atoms with E-state index in [0.717, 1.165) is 31.5 Å². The maximum Gasteiger partial charge on any atom is 0.244 e. The molecule has 0 radical (unpaired) electrons. The van der Waals surface area contributed by atoms with Crippen molar-refractivity contribution in [2.24, 2.45) is 4.99 Å². The Bertz CT molecular complexity index is 623. The summed E-state index contributed by atoms with van der Waals surface area (Å²) in [5, 5.41) is 8.91. The number of aryl methyl sites for hydroxylation is 1. The van der Waals surface area contributed by atoms with E-state index in [1.54, 1.807) is 12.3 Å². The lowest BCUT2D eigenvalue weighted by Gasteiger charge is -2.15. The summed E-state index contributed by atoms with van der Waals surface area (Å²) in [6.45, 7) is 6.77. The number of anilines is 1. The number of nitrogens with one attached hydrogen (secondary N) is 3. The number of rotatable bonds is 7. The van der Waals surface area contributed by atoms with Gasteiger partial charge in [-0.1, -0.05) is 6.07 Å². The second-order valence-corrected chi connectivity index (χ2v) is 6.23. The number of carbonyl (C=O) groups excluding carboxylic acids is 2. The fourth-order valence-electron chi connectivity index (χ4n) is 2.60. The van der Waals surface area contributed by atoms with Crippen molar-refractivity contribution < 1.29 is 9.59 Å². The quantitative estimate of drug-likeness (QED) is 0.496. The summed E-state index contributed by atoms with van der Waals surface area (Å²) in [7, 11) is 0. The van der Waals surface area contributed by atoms with E-state index in [2.05, 4.69) is 25.9 Å². The third-order valence-electron chi connectivity index (χ3n) is 4.00. The van der Waals surface area contributed by atoms with Gasteiger partial charge in [0.1, 0.15) is 12.4 Å². The van der Waals surface area contributed by atoms with Crippen LogP contribution in [-0.2, 0) is 9.59 Å². The van der Waals surface area contributed by atoms with Crippen LogP contribution < -0.4 is 16.0 Å². The Labute approximate surface area is 154 Å². The number of aliphatic imine (C=N–C) groups is 1. The van der Waals surface area contributed by atoms with E-state index in [0.29, 0.717) is 24.9 Å². The summed E-state index contributed by atoms with van der Waals surface area (Å²) in [4.78, 5) is 34.3. The topological polar surface area (TPSA) is 98.7 Å². The Morgan fingerprint density at radius 3 is 2.65 bits per heavy atom. The van der Waals surface area contributed by atoms with Gasteiger partial charge in [-0.15, -0.1) is 0 Å². The fraction of sp³-hybridized carbons (Fsp3) is 0.556. The van der Waals surface area contributed by atoms with Crippen LogP contribution >= 0.6 is 0 Å². The number of nitrogens with zero attached hydrogens (tertiary/aromatic N) is 3. The van der Waals surface area contributed by atoms with Crippen molar-refractivity contribution in [2.75, 3.05) is 38.0 Å². The van der Waals surface area contributed by atoms with E-state index in [4.69, 9.17) is 0 Å². The van der Waals surface area contributed by atoms with Gasteiger partial charge in [-0.05, 0) is 38.3 Å². The summed E-state index contributed by atoms with van der Waals surface area (Å²) in [6.07, 6.45) is 4.12. The van der Waals surface area contributed by atoms with Crippen LogP contribution in [0.15, 0.2) is 23.3 Å². The van der Waals surface area contributed by atoms with Crippen molar-refractivity contribution in [1.29, 1.82) is 0 Å². The van der Waals surface area contributed by atoms with Gasteiger partial charge >= 0.3 is 0 Å². The molecule has 0 atom stereocenters. The number of pyridine rings is 1. The van der Waals surface area contributed by atoms with Crippen LogP contribution in [0.1, 0.15) is 31.7 Å². The van der Waals surface area contributed by atoms with Gasteiger partial charge in [0.05, 0.1) is 0 Å². The minimum Gasteiger partial charge on any atom is -0.357 e. The Morgan fingerprint density at radius 2 is 2.00 bits per heavy atom. The molecule has 1 aliphatic rings. The standard InChI is InChI=1S/C18H28N6O2/c1-3-19-18(22-13-17(26)24-10-4-5-11-24)20-9-8-16(25)23-15-7-6-14(2)12-21-15/h6-7,12H,3-5,8-11,13H2,1-2H3,(H2,19,20,22)(H,21,23,25). The zero-order valence-corrected chi connectivity index (χ0v) is 15.5. The predicted octanol–water partition coefficient (Wildman–Crippen LogP) is 0.896. The van der Waals surface area contributed by atoms with Crippen LogP contribution in [0.5, 0.6) is 0 Å². The number of carbonyl (C=O) groups is 2. The molecule has 1 aliphatic heterocycles. The van der Waals surface area contributed by atoms with Gasteiger partial charge in [0.15, 0.2) is 5.96 Å². The zero-order chi connectivity index (χ0) is 18.8. The van der Waals surface area contributed by atoms with Gasteiger partial charge in [0.2, 0.25) is 11.8 Å². The predicted molar refractivity (Wildman–Crippen MR) is 102 cm³/mol. The molecule has 2 rings (SSSR count). The largest absolute Gasteiger partial charge is 0.357 e. The molecule has 0 aliphatic carbocycles. The lowest BCUT2D eigenvalue weighted by molar-refractivity contribution is -0.128. The van der Waals surface area contributed by atoms with Crippen LogP contribution in [0.2, 0.25) is 0 Å². The molecule has 26 heavy (non-hydrogen) atoms. The Balaban J connectivity index is 1.74. The number of aromatic nitrogens is 1. The van der Waals surface area contributed by atoms with Gasteiger partial charge < -0.3 is 20.9 Å². The number of likely N-dealkylation sites (tertiary alicyclic amines) is 1. The summed E-state index contributed by atoms with van der Waals surface area (Å²) >= 11 is 0. The van der Waals surface area contributed by atoms with Crippen molar-refractivity contribution in [3.8, 4) is 0 Å². The first-order valence-corrected chi connectivity index (χ1v) is 9.11. The average molecular weight is 360 g/mol. The maximum atomic E-state index is 12.1. The second kappa shape index (κ2) is 10.4. The van der Waals surface area contributed by atoms with E-state index >= 15 is 0 Å². The smallest absolute Gasteiger partial charge is 0.244 e. The van der Waals surface area contributed by atoms with Gasteiger partial charge in [-0.25, -0.2) is 9.98 Å². The molecule has 142 valence electrons. The van der Waals surface area contributed by atoms with Gasteiger partial charge in [-0.2, -0.15) is 0 Å². The molecular formula is C18H28N6O2.